The lowest BCUT2D eigenvalue weighted by molar-refractivity contribution is 0.112. The van der Waals surface area contributed by atoms with Gasteiger partial charge in [0.25, 0.3) is 0 Å². The highest BCUT2D eigenvalue weighted by molar-refractivity contribution is 6.33. The van der Waals surface area contributed by atoms with E-state index in [4.69, 9.17) is 16.3 Å². The number of ether oxygens (including phenoxy) is 1. The van der Waals surface area contributed by atoms with E-state index in [9.17, 15) is 4.79 Å². The number of hydrogen-bond acceptors (Lipinski definition) is 3. The molecule has 0 fully saturated rings. The van der Waals surface area contributed by atoms with Gasteiger partial charge in [-0.3, -0.25) is 4.79 Å². The molecule has 0 amide bonds. The molecule has 16 heavy (non-hydrogen) atoms. The SMILES string of the molecule is CCN(CCOC)c1ccc(C=O)cc1Cl. The Hall–Kier alpha value is -1.06. The smallest absolute Gasteiger partial charge is 0.150 e. The van der Waals surface area contributed by atoms with Gasteiger partial charge in [0.2, 0.25) is 0 Å². The number of carbonyl (C=O) groups excluding carboxylic acids is 1. The molecule has 3 nitrogen and oxygen atoms in total. The van der Waals surface area contributed by atoms with Crippen molar-refractivity contribution in [3.63, 3.8) is 0 Å². The fraction of sp³-hybridized carbons (Fsp3) is 0.417. The van der Waals surface area contributed by atoms with Gasteiger partial charge in [0.05, 0.1) is 17.3 Å². The quantitative estimate of drug-likeness (QED) is 0.717. The summed E-state index contributed by atoms with van der Waals surface area (Å²) in [5.74, 6) is 0. The maximum atomic E-state index is 10.6. The maximum Gasteiger partial charge on any atom is 0.150 e. The first-order valence-corrected chi connectivity index (χ1v) is 5.59. The molecule has 0 heterocycles. The minimum absolute atomic E-state index is 0.594. The summed E-state index contributed by atoms with van der Waals surface area (Å²) in [6, 6.07) is 5.31. The van der Waals surface area contributed by atoms with E-state index >= 15 is 0 Å². The second-order valence-corrected chi connectivity index (χ2v) is 3.81. The molecule has 0 aliphatic rings. The third kappa shape index (κ3) is 3.22. The van der Waals surface area contributed by atoms with Crippen LogP contribution in [-0.4, -0.2) is 33.1 Å². The van der Waals surface area contributed by atoms with Gasteiger partial charge in [0.15, 0.2) is 0 Å². The lowest BCUT2D eigenvalue weighted by atomic mass is 10.2. The Labute approximate surface area is 101 Å². The predicted octanol–water partition coefficient (Wildman–Crippen LogP) is 2.63. The summed E-state index contributed by atoms with van der Waals surface area (Å²) in [6.45, 7) is 4.34. The number of nitrogens with zero attached hydrogens (tertiary/aromatic N) is 1. The van der Waals surface area contributed by atoms with E-state index in [-0.39, 0.29) is 0 Å². The lowest BCUT2D eigenvalue weighted by Gasteiger charge is -2.23. The molecule has 0 radical (unpaired) electrons. The number of rotatable bonds is 6. The van der Waals surface area contributed by atoms with Crippen LogP contribution in [0.15, 0.2) is 18.2 Å². The van der Waals surface area contributed by atoms with Crippen LogP contribution >= 0.6 is 11.6 Å². The number of anilines is 1. The van der Waals surface area contributed by atoms with E-state index in [0.29, 0.717) is 17.2 Å². The van der Waals surface area contributed by atoms with Crippen molar-refractivity contribution in [3.8, 4) is 0 Å². The van der Waals surface area contributed by atoms with E-state index in [1.807, 2.05) is 6.07 Å². The van der Waals surface area contributed by atoms with Crippen molar-refractivity contribution in [3.05, 3.63) is 28.8 Å². The van der Waals surface area contributed by atoms with Crippen molar-refractivity contribution in [1.29, 1.82) is 0 Å². The summed E-state index contributed by atoms with van der Waals surface area (Å²) >= 11 is 6.12. The zero-order valence-corrected chi connectivity index (χ0v) is 10.3. The molecule has 1 rings (SSSR count). The first kappa shape index (κ1) is 13.0. The topological polar surface area (TPSA) is 29.5 Å². The molecule has 0 saturated heterocycles. The fourth-order valence-electron chi connectivity index (χ4n) is 1.50. The van der Waals surface area contributed by atoms with Gasteiger partial charge >= 0.3 is 0 Å². The van der Waals surface area contributed by atoms with Crippen LogP contribution in [0.2, 0.25) is 5.02 Å². The molecule has 1 aromatic carbocycles. The number of benzene rings is 1. The summed E-state index contributed by atoms with van der Waals surface area (Å²) in [6.07, 6.45) is 0.793. The van der Waals surface area contributed by atoms with Crippen molar-refractivity contribution < 1.29 is 9.53 Å². The van der Waals surface area contributed by atoms with Crippen LogP contribution in [0, 0.1) is 0 Å². The van der Waals surface area contributed by atoms with Gasteiger partial charge in [0.1, 0.15) is 6.29 Å². The molecule has 0 aromatic heterocycles. The van der Waals surface area contributed by atoms with Crippen LogP contribution in [0.3, 0.4) is 0 Å². The number of aldehydes is 1. The minimum atomic E-state index is 0.594. The van der Waals surface area contributed by atoms with Crippen LogP contribution in [0.5, 0.6) is 0 Å². The van der Waals surface area contributed by atoms with E-state index in [1.165, 1.54) is 0 Å². The number of likely N-dealkylation sites (N-methyl/N-ethyl adjacent to an activating group) is 1. The maximum absolute atomic E-state index is 10.6. The summed E-state index contributed by atoms with van der Waals surface area (Å²) in [5.41, 5.74) is 1.53. The molecule has 0 aliphatic heterocycles. The average molecular weight is 242 g/mol. The van der Waals surface area contributed by atoms with Gasteiger partial charge < -0.3 is 9.64 Å². The molecule has 0 aliphatic carbocycles. The Kier molecular flexibility index (Phi) is 5.29. The van der Waals surface area contributed by atoms with Crippen molar-refractivity contribution >= 4 is 23.6 Å². The van der Waals surface area contributed by atoms with Crippen molar-refractivity contribution in [2.45, 2.75) is 6.92 Å². The molecule has 0 bridgehead atoms. The van der Waals surface area contributed by atoms with Crippen LogP contribution in [0.25, 0.3) is 0 Å². The standard InChI is InChI=1S/C12H16ClNO2/c1-3-14(6-7-16-2)12-5-4-10(9-15)8-11(12)13/h4-5,8-9H,3,6-7H2,1-2H3. The first-order valence-electron chi connectivity index (χ1n) is 5.21. The van der Waals surface area contributed by atoms with E-state index < -0.39 is 0 Å². The highest BCUT2D eigenvalue weighted by Crippen LogP contribution is 2.26. The van der Waals surface area contributed by atoms with Gasteiger partial charge in [-0.1, -0.05) is 11.6 Å². The minimum Gasteiger partial charge on any atom is -0.383 e. The highest BCUT2D eigenvalue weighted by Gasteiger charge is 2.08. The van der Waals surface area contributed by atoms with Crippen molar-refractivity contribution in [1.82, 2.24) is 0 Å². The van der Waals surface area contributed by atoms with Gasteiger partial charge in [-0.25, -0.2) is 0 Å². The molecular weight excluding hydrogens is 226 g/mol. The largest absolute Gasteiger partial charge is 0.383 e. The zero-order chi connectivity index (χ0) is 12.0. The molecule has 88 valence electrons. The Morgan fingerprint density at radius 2 is 2.25 bits per heavy atom. The molecule has 0 N–H and O–H groups in total. The molecule has 0 spiro atoms. The van der Waals surface area contributed by atoms with Crippen LogP contribution in [-0.2, 0) is 4.74 Å². The molecular formula is C12H16ClNO2. The highest BCUT2D eigenvalue weighted by atomic mass is 35.5. The third-order valence-corrected chi connectivity index (χ3v) is 2.70. The van der Waals surface area contributed by atoms with Gasteiger partial charge in [-0.15, -0.1) is 0 Å². The van der Waals surface area contributed by atoms with Gasteiger partial charge in [0, 0.05) is 25.8 Å². The molecule has 0 atom stereocenters. The van der Waals surface area contributed by atoms with E-state index in [1.54, 1.807) is 19.2 Å². The van der Waals surface area contributed by atoms with E-state index in [0.717, 1.165) is 25.1 Å². The summed E-state index contributed by atoms with van der Waals surface area (Å²) in [7, 11) is 1.67. The third-order valence-electron chi connectivity index (χ3n) is 2.40. The van der Waals surface area contributed by atoms with Crippen molar-refractivity contribution in [2.24, 2.45) is 0 Å². The number of halogens is 1. The van der Waals surface area contributed by atoms with Crippen LogP contribution in [0.1, 0.15) is 17.3 Å². The Morgan fingerprint density at radius 1 is 1.50 bits per heavy atom. The molecule has 4 heteroatoms. The van der Waals surface area contributed by atoms with Crippen molar-refractivity contribution in [2.75, 3.05) is 31.7 Å². The summed E-state index contributed by atoms with van der Waals surface area (Å²) in [4.78, 5) is 12.7. The predicted molar refractivity (Wildman–Crippen MR) is 66.6 cm³/mol. The normalized spacial score (nSPS) is 10.2. The monoisotopic (exact) mass is 241 g/mol. The Morgan fingerprint density at radius 3 is 2.75 bits per heavy atom. The molecule has 0 saturated carbocycles. The Balaban J connectivity index is 2.87. The van der Waals surface area contributed by atoms with E-state index in [2.05, 4.69) is 11.8 Å². The number of methoxy groups -OCH3 is 1. The fourth-order valence-corrected chi connectivity index (χ4v) is 1.81. The second-order valence-electron chi connectivity index (χ2n) is 3.40. The van der Waals surface area contributed by atoms with Crippen LogP contribution in [0.4, 0.5) is 5.69 Å². The second kappa shape index (κ2) is 6.51. The Bertz CT molecular complexity index is 355. The molecule has 0 unspecified atom stereocenters. The lowest BCUT2D eigenvalue weighted by Crippen LogP contribution is -2.27. The van der Waals surface area contributed by atoms with Crippen LogP contribution < -0.4 is 4.90 Å². The molecule has 1 aromatic rings. The zero-order valence-electron chi connectivity index (χ0n) is 9.57. The number of hydrogen-bond donors (Lipinski definition) is 0. The van der Waals surface area contributed by atoms with Gasteiger partial charge in [-0.05, 0) is 25.1 Å². The number of carbonyl (C=O) groups is 1. The van der Waals surface area contributed by atoms with Gasteiger partial charge in [-0.2, -0.15) is 0 Å². The average Bonchev–Trinajstić information content (AvgIpc) is 2.31. The summed E-state index contributed by atoms with van der Waals surface area (Å²) in [5, 5.41) is 0.600. The summed E-state index contributed by atoms with van der Waals surface area (Å²) < 4.78 is 5.04. The first-order chi connectivity index (χ1) is 7.72.